The molecule has 2 aromatic heterocycles. The lowest BCUT2D eigenvalue weighted by molar-refractivity contribution is 0.135. The van der Waals surface area contributed by atoms with E-state index in [0.717, 1.165) is 16.0 Å². The molecule has 0 fully saturated rings. The van der Waals surface area contributed by atoms with Gasteiger partial charge in [0.15, 0.2) is 10.6 Å². The number of aryl methyl sites for hydroxylation is 1. The van der Waals surface area contributed by atoms with Crippen LogP contribution in [-0.4, -0.2) is 9.38 Å². The Labute approximate surface area is 154 Å². The first-order chi connectivity index (χ1) is 12.7. The van der Waals surface area contributed by atoms with Gasteiger partial charge in [-0.15, -0.1) is 11.3 Å². The SMILES string of the molecule is Cc1cn2c(=O)c3c(nc2s1)OC(c1ccccc1)(c1ccccc1)C3. The van der Waals surface area contributed by atoms with Gasteiger partial charge in [0.1, 0.15) is 0 Å². The second kappa shape index (κ2) is 5.54. The van der Waals surface area contributed by atoms with Gasteiger partial charge in [-0.1, -0.05) is 60.7 Å². The molecular weight excluding hydrogens is 344 g/mol. The van der Waals surface area contributed by atoms with Crippen LogP contribution in [0.15, 0.2) is 71.7 Å². The van der Waals surface area contributed by atoms with Gasteiger partial charge in [-0.25, -0.2) is 0 Å². The van der Waals surface area contributed by atoms with Crippen molar-refractivity contribution in [3.05, 3.63) is 98.8 Å². The summed E-state index contributed by atoms with van der Waals surface area (Å²) < 4.78 is 8.08. The van der Waals surface area contributed by atoms with Crippen molar-refractivity contribution >= 4 is 16.3 Å². The van der Waals surface area contributed by atoms with E-state index in [1.54, 1.807) is 4.40 Å². The van der Waals surface area contributed by atoms with E-state index in [2.05, 4.69) is 4.98 Å². The molecule has 0 amide bonds. The van der Waals surface area contributed by atoms with Crippen molar-refractivity contribution in [3.8, 4) is 5.88 Å². The quantitative estimate of drug-likeness (QED) is 0.544. The summed E-state index contributed by atoms with van der Waals surface area (Å²) in [5.41, 5.74) is 1.91. The predicted molar refractivity (Wildman–Crippen MR) is 102 cm³/mol. The van der Waals surface area contributed by atoms with Gasteiger partial charge in [-0.3, -0.25) is 9.20 Å². The zero-order valence-electron chi connectivity index (χ0n) is 14.2. The van der Waals surface area contributed by atoms with Crippen molar-refractivity contribution in [2.75, 3.05) is 0 Å². The van der Waals surface area contributed by atoms with Gasteiger partial charge in [0, 0.05) is 28.6 Å². The summed E-state index contributed by atoms with van der Waals surface area (Å²) in [6, 6.07) is 20.1. The Morgan fingerprint density at radius 3 is 2.27 bits per heavy atom. The summed E-state index contributed by atoms with van der Waals surface area (Å²) in [5, 5.41) is 0. The normalized spacial score (nSPS) is 15.0. The Morgan fingerprint density at radius 1 is 1.04 bits per heavy atom. The fourth-order valence-electron chi connectivity index (χ4n) is 3.66. The number of hydrogen-bond acceptors (Lipinski definition) is 4. The number of nitrogens with zero attached hydrogens (tertiary/aromatic N) is 2. The molecule has 0 spiro atoms. The van der Waals surface area contributed by atoms with E-state index in [-0.39, 0.29) is 5.56 Å². The lowest BCUT2D eigenvalue weighted by Gasteiger charge is -2.29. The topological polar surface area (TPSA) is 43.6 Å². The van der Waals surface area contributed by atoms with Crippen LogP contribution in [0, 0.1) is 6.92 Å². The van der Waals surface area contributed by atoms with Crippen LogP contribution in [0.2, 0.25) is 0 Å². The molecule has 128 valence electrons. The van der Waals surface area contributed by atoms with Gasteiger partial charge in [0.05, 0.1) is 5.56 Å². The largest absolute Gasteiger partial charge is 0.460 e. The molecule has 4 nitrogen and oxygen atoms in total. The Kier molecular flexibility index (Phi) is 3.27. The number of ether oxygens (including phenoxy) is 1. The molecule has 5 rings (SSSR count). The monoisotopic (exact) mass is 360 g/mol. The van der Waals surface area contributed by atoms with Crippen LogP contribution >= 0.6 is 11.3 Å². The lowest BCUT2D eigenvalue weighted by atomic mass is 9.83. The first-order valence-corrected chi connectivity index (χ1v) is 9.31. The Bertz CT molecular complexity index is 1120. The summed E-state index contributed by atoms with van der Waals surface area (Å²) in [4.78, 5) is 19.4. The second-order valence-electron chi connectivity index (χ2n) is 6.53. The first kappa shape index (κ1) is 15.3. The van der Waals surface area contributed by atoms with Crippen molar-refractivity contribution in [3.63, 3.8) is 0 Å². The summed E-state index contributed by atoms with van der Waals surface area (Å²) in [6.45, 7) is 1.98. The van der Waals surface area contributed by atoms with Crippen molar-refractivity contribution in [2.24, 2.45) is 0 Å². The van der Waals surface area contributed by atoms with E-state index in [9.17, 15) is 4.79 Å². The van der Waals surface area contributed by atoms with Gasteiger partial charge >= 0.3 is 0 Å². The van der Waals surface area contributed by atoms with Crippen molar-refractivity contribution in [2.45, 2.75) is 18.9 Å². The highest BCUT2D eigenvalue weighted by Gasteiger charge is 2.45. The number of thiazole rings is 1. The molecule has 4 aromatic rings. The highest BCUT2D eigenvalue weighted by atomic mass is 32.1. The molecule has 1 aliphatic heterocycles. The molecule has 0 saturated carbocycles. The number of benzene rings is 2. The number of hydrogen-bond donors (Lipinski definition) is 0. The van der Waals surface area contributed by atoms with Crippen LogP contribution in [0.1, 0.15) is 21.6 Å². The molecule has 0 atom stereocenters. The summed E-state index contributed by atoms with van der Waals surface area (Å²) in [7, 11) is 0. The second-order valence-corrected chi connectivity index (χ2v) is 7.75. The fourth-order valence-corrected chi connectivity index (χ4v) is 4.47. The number of rotatable bonds is 2. The Balaban J connectivity index is 1.75. The van der Waals surface area contributed by atoms with E-state index in [0.29, 0.717) is 22.8 Å². The standard InChI is InChI=1S/C21H16N2O2S/c1-14-13-23-19(24)17-12-21(15-8-4-2-5-9-15,16-10-6-3-7-11-16)25-18(17)22-20(23)26-14/h2-11,13H,12H2,1H3. The minimum atomic E-state index is -0.726. The van der Waals surface area contributed by atoms with Gasteiger partial charge in [-0.2, -0.15) is 4.98 Å². The Hall–Kier alpha value is -2.92. The smallest absolute Gasteiger partial charge is 0.265 e. The third kappa shape index (κ3) is 2.14. The molecular formula is C21H16N2O2S. The number of aromatic nitrogens is 2. The summed E-state index contributed by atoms with van der Waals surface area (Å²) in [6.07, 6.45) is 2.32. The first-order valence-electron chi connectivity index (χ1n) is 8.49. The van der Waals surface area contributed by atoms with E-state index in [1.165, 1.54) is 11.3 Å². The van der Waals surface area contributed by atoms with Gasteiger partial charge in [-0.05, 0) is 6.92 Å². The zero-order chi connectivity index (χ0) is 17.7. The van der Waals surface area contributed by atoms with E-state index < -0.39 is 5.60 Å². The highest BCUT2D eigenvalue weighted by Crippen LogP contribution is 2.44. The molecule has 0 saturated heterocycles. The predicted octanol–water partition coefficient (Wildman–Crippen LogP) is 3.94. The molecule has 5 heteroatoms. The molecule has 0 aliphatic carbocycles. The minimum absolute atomic E-state index is 0.0388. The average molecular weight is 360 g/mol. The van der Waals surface area contributed by atoms with Crippen molar-refractivity contribution < 1.29 is 4.74 Å². The average Bonchev–Trinajstić information content (AvgIpc) is 3.25. The van der Waals surface area contributed by atoms with Crippen LogP contribution in [0.5, 0.6) is 5.88 Å². The van der Waals surface area contributed by atoms with Crippen LogP contribution in [0.4, 0.5) is 0 Å². The molecule has 2 aromatic carbocycles. The Morgan fingerprint density at radius 2 is 1.65 bits per heavy atom. The molecule has 0 radical (unpaired) electrons. The van der Waals surface area contributed by atoms with Crippen LogP contribution in [-0.2, 0) is 12.0 Å². The van der Waals surface area contributed by atoms with Crippen LogP contribution < -0.4 is 10.3 Å². The van der Waals surface area contributed by atoms with Crippen molar-refractivity contribution in [1.29, 1.82) is 0 Å². The molecule has 1 aliphatic rings. The molecule has 0 N–H and O–H groups in total. The molecule has 0 unspecified atom stereocenters. The maximum atomic E-state index is 13.0. The van der Waals surface area contributed by atoms with Crippen LogP contribution in [0.25, 0.3) is 4.96 Å². The molecule has 0 bridgehead atoms. The van der Waals surface area contributed by atoms with E-state index in [4.69, 9.17) is 4.74 Å². The van der Waals surface area contributed by atoms with E-state index in [1.807, 2.05) is 73.8 Å². The van der Waals surface area contributed by atoms with Gasteiger partial charge in [0.2, 0.25) is 5.88 Å². The van der Waals surface area contributed by atoms with Gasteiger partial charge in [0.25, 0.3) is 5.56 Å². The third-order valence-electron chi connectivity index (χ3n) is 4.88. The minimum Gasteiger partial charge on any atom is -0.460 e. The summed E-state index contributed by atoms with van der Waals surface area (Å²) in [5.74, 6) is 0.449. The zero-order valence-corrected chi connectivity index (χ0v) is 15.0. The van der Waals surface area contributed by atoms with Gasteiger partial charge < -0.3 is 4.74 Å². The molecule has 3 heterocycles. The highest BCUT2D eigenvalue weighted by molar-refractivity contribution is 7.16. The third-order valence-corrected chi connectivity index (χ3v) is 5.78. The van der Waals surface area contributed by atoms with Crippen LogP contribution in [0.3, 0.4) is 0 Å². The lowest BCUT2D eigenvalue weighted by Crippen LogP contribution is -2.33. The number of fused-ring (bicyclic) bond motifs is 2. The van der Waals surface area contributed by atoms with Crippen molar-refractivity contribution in [1.82, 2.24) is 9.38 Å². The van der Waals surface area contributed by atoms with E-state index >= 15 is 0 Å². The fraction of sp³-hybridized carbons (Fsp3) is 0.143. The maximum absolute atomic E-state index is 13.0. The molecule has 26 heavy (non-hydrogen) atoms. The summed E-state index contributed by atoms with van der Waals surface area (Å²) >= 11 is 1.50. The maximum Gasteiger partial charge on any atom is 0.265 e.